The van der Waals surface area contributed by atoms with E-state index in [2.05, 4.69) is 58.3 Å². The topological polar surface area (TPSA) is 77.1 Å². The van der Waals surface area contributed by atoms with Gasteiger partial charge in [-0.25, -0.2) is 9.37 Å². The predicted molar refractivity (Wildman–Crippen MR) is 150 cm³/mol. The molecule has 38 heavy (non-hydrogen) atoms. The number of anilines is 2. The summed E-state index contributed by atoms with van der Waals surface area (Å²) in [6.07, 6.45) is 9.22. The van der Waals surface area contributed by atoms with Crippen molar-refractivity contribution >= 4 is 33.9 Å². The average molecular weight is 540 g/mol. The molecule has 7 nitrogen and oxygen atoms in total. The molecule has 2 aromatic heterocycles. The van der Waals surface area contributed by atoms with Gasteiger partial charge in [0, 0.05) is 41.3 Å². The van der Waals surface area contributed by atoms with E-state index in [1.165, 1.54) is 6.07 Å². The van der Waals surface area contributed by atoms with Gasteiger partial charge in [0.2, 0.25) is 5.95 Å². The molecule has 0 bridgehead atoms. The molecule has 0 unspecified atom stereocenters. The molecule has 0 aliphatic carbocycles. The number of pyridine rings is 2. The van der Waals surface area contributed by atoms with Crippen LogP contribution in [0.4, 0.5) is 20.2 Å². The van der Waals surface area contributed by atoms with Crippen molar-refractivity contribution in [3.63, 3.8) is 0 Å². The van der Waals surface area contributed by atoms with Crippen LogP contribution in [0.25, 0.3) is 10.9 Å². The zero-order chi connectivity index (χ0) is 27.6. The molecular weight excluding hydrogens is 508 g/mol. The highest BCUT2D eigenvalue weighted by Crippen LogP contribution is 2.36. The van der Waals surface area contributed by atoms with Crippen molar-refractivity contribution in [2.75, 3.05) is 23.9 Å². The summed E-state index contributed by atoms with van der Waals surface area (Å²) in [5.74, 6) is 2.14. The van der Waals surface area contributed by atoms with Gasteiger partial charge in [0.25, 0.3) is 0 Å². The van der Waals surface area contributed by atoms with Crippen molar-refractivity contribution in [2.45, 2.75) is 46.7 Å². The van der Waals surface area contributed by atoms with Crippen LogP contribution in [0.1, 0.15) is 50.6 Å². The monoisotopic (exact) mass is 539 g/mol. The number of terminal acetylenes is 1. The molecule has 1 aliphatic heterocycles. The lowest BCUT2D eigenvalue weighted by atomic mass is 9.96. The van der Waals surface area contributed by atoms with E-state index < -0.39 is 24.7 Å². The molecule has 0 radical (unpaired) electrons. The zero-order valence-corrected chi connectivity index (χ0v) is 22.8. The third-order valence-corrected chi connectivity index (χ3v) is 6.50. The van der Waals surface area contributed by atoms with Gasteiger partial charge in [-0.3, -0.25) is 9.99 Å². The van der Waals surface area contributed by atoms with Crippen LogP contribution in [0, 0.1) is 30.6 Å². The van der Waals surface area contributed by atoms with Gasteiger partial charge in [-0.2, -0.15) is 4.39 Å². The summed E-state index contributed by atoms with van der Waals surface area (Å²) in [6, 6.07) is 5.82. The number of hydrogen-bond donors (Lipinski definition) is 4. The number of aryl methyl sites for hydroxylation is 1. The van der Waals surface area contributed by atoms with Gasteiger partial charge in [0.05, 0.1) is 39.6 Å². The van der Waals surface area contributed by atoms with E-state index in [0.29, 0.717) is 39.7 Å². The molecular formula is C28H32ClF2N7. The third kappa shape index (κ3) is 5.93. The second kappa shape index (κ2) is 11.0. The minimum Gasteiger partial charge on any atom is -0.383 e. The van der Waals surface area contributed by atoms with Gasteiger partial charge in [-0.15, -0.1) is 12.0 Å². The Bertz CT molecular complexity index is 1410. The van der Waals surface area contributed by atoms with E-state index in [1.54, 1.807) is 43.4 Å². The maximum atomic E-state index is 13.9. The molecule has 0 spiro atoms. The number of hydrazine groups is 2. The SMILES string of the molecule is C#Cc1cnc2c(Cl)cc(N[C@H](C3=CN([C@@H](C)CF)NN3)c3ccc(F)nc3C)cc2c1NCC(C)(C)C. The summed E-state index contributed by atoms with van der Waals surface area (Å²) < 4.78 is 27.2. The highest BCUT2D eigenvalue weighted by Gasteiger charge is 2.27. The number of halogens is 3. The molecule has 0 saturated heterocycles. The maximum Gasteiger partial charge on any atom is 0.213 e. The summed E-state index contributed by atoms with van der Waals surface area (Å²) in [7, 11) is 0. The predicted octanol–water partition coefficient (Wildman–Crippen LogP) is 5.85. The fraction of sp³-hybridized carbons (Fsp3) is 0.357. The third-order valence-electron chi connectivity index (χ3n) is 6.21. The first-order valence-electron chi connectivity index (χ1n) is 12.3. The van der Waals surface area contributed by atoms with Crippen molar-refractivity contribution in [3.8, 4) is 12.3 Å². The number of aromatic nitrogens is 2. The van der Waals surface area contributed by atoms with Gasteiger partial charge in [0.15, 0.2) is 0 Å². The second-order valence-electron chi connectivity index (χ2n) is 10.6. The van der Waals surface area contributed by atoms with Crippen LogP contribution in [0.3, 0.4) is 0 Å². The van der Waals surface area contributed by atoms with Crippen molar-refractivity contribution in [1.82, 2.24) is 25.9 Å². The van der Waals surface area contributed by atoms with Crippen molar-refractivity contribution in [1.29, 1.82) is 0 Å². The molecule has 0 fully saturated rings. The minimum absolute atomic E-state index is 0.00948. The molecule has 0 amide bonds. The Morgan fingerprint density at radius 1 is 1.26 bits per heavy atom. The number of hydrogen-bond acceptors (Lipinski definition) is 7. The smallest absolute Gasteiger partial charge is 0.213 e. The van der Waals surface area contributed by atoms with E-state index in [4.69, 9.17) is 18.0 Å². The molecule has 1 aromatic carbocycles. The molecule has 0 saturated carbocycles. The van der Waals surface area contributed by atoms with Crippen LogP contribution < -0.4 is 21.6 Å². The van der Waals surface area contributed by atoms with Crippen LogP contribution >= 0.6 is 11.6 Å². The summed E-state index contributed by atoms with van der Waals surface area (Å²) in [4.78, 5) is 8.51. The normalized spacial score (nSPS) is 15.0. The molecule has 10 heteroatoms. The number of nitrogens with one attached hydrogen (secondary N) is 4. The van der Waals surface area contributed by atoms with Gasteiger partial charge in [-0.05, 0) is 37.5 Å². The van der Waals surface area contributed by atoms with E-state index >= 15 is 0 Å². The highest BCUT2D eigenvalue weighted by atomic mass is 35.5. The second-order valence-corrected chi connectivity index (χ2v) is 11.0. The first-order valence-corrected chi connectivity index (χ1v) is 12.7. The summed E-state index contributed by atoms with van der Waals surface area (Å²) in [6.45, 7) is 10.0. The molecule has 3 aromatic rings. The number of benzene rings is 1. The Kier molecular flexibility index (Phi) is 7.95. The maximum absolute atomic E-state index is 13.9. The van der Waals surface area contributed by atoms with E-state index in [-0.39, 0.29) is 5.41 Å². The van der Waals surface area contributed by atoms with E-state index in [9.17, 15) is 8.78 Å². The average Bonchev–Trinajstić information content (AvgIpc) is 3.35. The summed E-state index contributed by atoms with van der Waals surface area (Å²) >= 11 is 6.71. The lowest BCUT2D eigenvalue weighted by molar-refractivity contribution is 0.178. The highest BCUT2D eigenvalue weighted by molar-refractivity contribution is 6.35. The van der Waals surface area contributed by atoms with E-state index in [0.717, 1.165) is 16.6 Å². The largest absolute Gasteiger partial charge is 0.383 e. The van der Waals surface area contributed by atoms with Crippen LogP contribution in [-0.2, 0) is 0 Å². The van der Waals surface area contributed by atoms with E-state index in [1.807, 2.05) is 6.07 Å². The van der Waals surface area contributed by atoms with Gasteiger partial charge in [-0.1, -0.05) is 44.4 Å². The Hall–Kier alpha value is -3.61. The van der Waals surface area contributed by atoms with Gasteiger partial charge < -0.3 is 16.1 Å². The standard InChI is InChI=1S/C28H32ClF2N7/c1-7-18-13-32-26-21(25(18)33-15-28(4,5)6)10-19(11-22(26)29)35-27(20-8-9-24(31)34-17(20)3)23-14-38(37-36-23)16(2)12-30/h1,8-11,13-14,16,27,35-37H,12,15H2,2-6H3,(H,32,33)/t16-,27-/m0/s1. The summed E-state index contributed by atoms with van der Waals surface area (Å²) in [5, 5.41) is 9.84. The van der Waals surface area contributed by atoms with Crippen LogP contribution in [-0.4, -0.2) is 34.2 Å². The van der Waals surface area contributed by atoms with Crippen molar-refractivity contribution in [2.24, 2.45) is 5.41 Å². The molecule has 1 aliphatic rings. The van der Waals surface area contributed by atoms with Crippen LogP contribution in [0.2, 0.25) is 5.02 Å². The summed E-state index contributed by atoms with van der Waals surface area (Å²) in [5.41, 5.74) is 10.7. The van der Waals surface area contributed by atoms with Crippen LogP contribution in [0.5, 0.6) is 0 Å². The fourth-order valence-corrected chi connectivity index (χ4v) is 4.40. The molecule has 4 N–H and O–H groups in total. The minimum atomic E-state index is -0.569. The molecule has 200 valence electrons. The number of rotatable bonds is 8. The molecule has 2 atom stereocenters. The Balaban J connectivity index is 1.81. The number of fused-ring (bicyclic) bond motifs is 1. The number of nitrogens with zero attached hydrogens (tertiary/aromatic N) is 3. The fourth-order valence-electron chi connectivity index (χ4n) is 4.13. The van der Waals surface area contributed by atoms with Crippen molar-refractivity contribution in [3.05, 3.63) is 70.2 Å². The Labute approximate surface area is 227 Å². The number of alkyl halides is 1. The lowest BCUT2D eigenvalue weighted by Gasteiger charge is -2.24. The molecule has 3 heterocycles. The van der Waals surface area contributed by atoms with Crippen molar-refractivity contribution < 1.29 is 8.78 Å². The molecule has 4 rings (SSSR count). The van der Waals surface area contributed by atoms with Crippen LogP contribution in [0.15, 0.2) is 42.4 Å². The zero-order valence-electron chi connectivity index (χ0n) is 22.1. The first kappa shape index (κ1) is 27.4. The Morgan fingerprint density at radius 2 is 2.03 bits per heavy atom. The quantitative estimate of drug-likeness (QED) is 0.211. The lowest BCUT2D eigenvalue weighted by Crippen LogP contribution is -2.43. The Morgan fingerprint density at radius 3 is 2.68 bits per heavy atom. The first-order chi connectivity index (χ1) is 18.0. The van der Waals surface area contributed by atoms with Gasteiger partial charge >= 0.3 is 0 Å². The van der Waals surface area contributed by atoms with Gasteiger partial charge in [0.1, 0.15) is 6.67 Å².